The Hall–Kier alpha value is -7.62. The Balaban J connectivity index is 1.22. The van der Waals surface area contributed by atoms with E-state index in [0.717, 1.165) is 49.3 Å². The molecular formula is C54H35N3. The summed E-state index contributed by atoms with van der Waals surface area (Å²) >= 11 is 0. The molecule has 0 saturated carbocycles. The predicted molar refractivity (Wildman–Crippen MR) is 240 cm³/mol. The van der Waals surface area contributed by atoms with Crippen molar-refractivity contribution in [1.29, 1.82) is 0 Å². The van der Waals surface area contributed by atoms with Crippen LogP contribution < -0.4 is 0 Å². The maximum Gasteiger partial charge on any atom is 0.0630 e. The first-order valence-electron chi connectivity index (χ1n) is 25.0. The fourth-order valence-electron chi connectivity index (χ4n) is 8.65. The lowest BCUT2D eigenvalue weighted by molar-refractivity contribution is 1.15. The molecule has 57 heavy (non-hydrogen) atoms. The molecular weight excluding hydrogens is 691 g/mol. The van der Waals surface area contributed by atoms with E-state index in [1.807, 2.05) is 72.8 Å². The highest BCUT2D eigenvalue weighted by atomic mass is 15.0. The summed E-state index contributed by atoms with van der Waals surface area (Å²) in [6, 6.07) is 35.3. The van der Waals surface area contributed by atoms with Gasteiger partial charge in [-0.3, -0.25) is 0 Å². The third kappa shape index (κ3) is 4.73. The Morgan fingerprint density at radius 2 is 0.702 bits per heavy atom. The number of hydrogen-bond acceptors (Lipinski definition) is 0. The van der Waals surface area contributed by atoms with E-state index < -0.39 is 89.7 Å². The van der Waals surface area contributed by atoms with Crippen LogP contribution in [0.3, 0.4) is 0 Å². The molecule has 3 nitrogen and oxygen atoms in total. The lowest BCUT2D eigenvalue weighted by Gasteiger charge is -2.19. The van der Waals surface area contributed by atoms with Crippen LogP contribution in [0.5, 0.6) is 0 Å². The van der Waals surface area contributed by atoms with Crippen LogP contribution in [0, 0.1) is 0 Å². The van der Waals surface area contributed by atoms with E-state index >= 15 is 0 Å². The van der Waals surface area contributed by atoms with Crippen molar-refractivity contribution in [1.82, 2.24) is 13.7 Å². The molecule has 3 heterocycles. The highest BCUT2D eigenvalue weighted by molar-refractivity contribution is 6.14. The summed E-state index contributed by atoms with van der Waals surface area (Å²) < 4.78 is 123. The van der Waals surface area contributed by atoms with Gasteiger partial charge in [-0.05, 0) is 65.7 Å². The third-order valence-corrected chi connectivity index (χ3v) is 11.0. The Labute approximate surface area is 347 Å². The first-order chi connectivity index (χ1) is 33.7. The van der Waals surface area contributed by atoms with E-state index in [-0.39, 0.29) is 16.8 Å². The van der Waals surface area contributed by atoms with Crippen molar-refractivity contribution in [2.24, 2.45) is 0 Å². The molecule has 9 aromatic carbocycles. The molecule has 0 atom stereocenters. The minimum Gasteiger partial charge on any atom is -0.309 e. The molecule has 3 heteroatoms. The predicted octanol–water partition coefficient (Wildman–Crippen LogP) is 14.3. The van der Waals surface area contributed by atoms with Crippen molar-refractivity contribution in [2.75, 3.05) is 0 Å². The van der Waals surface area contributed by atoms with Crippen molar-refractivity contribution in [2.45, 2.75) is 0 Å². The summed E-state index contributed by atoms with van der Waals surface area (Å²) in [5.74, 6) is 0. The normalized spacial score (nSPS) is 15.1. The standard InChI is InChI=1S/C54H35N3/c1-3-16-36(17-4-1)40-24-15-25-41(37-18-5-2-6-19-37)54(40)57-51-29-14-9-22-44(51)46-32-30-39(35-53(46)57)56-50-28-13-10-23-45(50)47-34-38(31-33-52(47)56)55-48-26-11-7-20-42(48)43-21-8-12-27-49(43)55/h1-35H/i1D,2D,3D,4D,5D,6D,15D,16D,17D,18D,19D,24D,25D. The number of rotatable bonds is 5. The lowest BCUT2D eigenvalue weighted by Crippen LogP contribution is -2.01. The highest BCUT2D eigenvalue weighted by Crippen LogP contribution is 2.43. The number of fused-ring (bicyclic) bond motifs is 9. The maximum absolute atomic E-state index is 9.54. The summed E-state index contributed by atoms with van der Waals surface area (Å²) in [5.41, 5.74) is 4.77. The fourth-order valence-corrected chi connectivity index (χ4v) is 8.65. The monoisotopic (exact) mass is 738 g/mol. The summed E-state index contributed by atoms with van der Waals surface area (Å²) in [6.07, 6.45) is 0. The zero-order chi connectivity index (χ0) is 48.8. The zero-order valence-electron chi connectivity index (χ0n) is 43.0. The molecule has 0 amide bonds. The van der Waals surface area contributed by atoms with Gasteiger partial charge in [0.25, 0.3) is 0 Å². The van der Waals surface area contributed by atoms with Crippen LogP contribution in [0.25, 0.3) is 105 Å². The molecule has 0 radical (unpaired) electrons. The van der Waals surface area contributed by atoms with Gasteiger partial charge in [-0.1, -0.05) is 157 Å². The van der Waals surface area contributed by atoms with Gasteiger partial charge in [0.15, 0.2) is 0 Å². The largest absolute Gasteiger partial charge is 0.309 e. The molecule has 12 rings (SSSR count). The van der Waals surface area contributed by atoms with Crippen LogP contribution in [0.2, 0.25) is 0 Å². The summed E-state index contributed by atoms with van der Waals surface area (Å²) in [7, 11) is 0. The van der Waals surface area contributed by atoms with Crippen LogP contribution in [0.15, 0.2) is 212 Å². The first-order valence-corrected chi connectivity index (χ1v) is 18.5. The molecule has 0 N–H and O–H groups in total. The molecule has 266 valence electrons. The van der Waals surface area contributed by atoms with E-state index in [9.17, 15) is 9.60 Å². The van der Waals surface area contributed by atoms with Gasteiger partial charge in [-0.15, -0.1) is 0 Å². The minimum absolute atomic E-state index is 0.163. The average molecular weight is 739 g/mol. The van der Waals surface area contributed by atoms with E-state index in [1.165, 1.54) is 0 Å². The number of hydrogen-bond donors (Lipinski definition) is 0. The Morgan fingerprint density at radius 3 is 1.23 bits per heavy atom. The van der Waals surface area contributed by atoms with Gasteiger partial charge >= 0.3 is 0 Å². The van der Waals surface area contributed by atoms with Crippen LogP contribution in [0.4, 0.5) is 0 Å². The second kappa shape index (κ2) is 12.5. The first kappa shape index (κ1) is 21.5. The number of nitrogens with zero attached hydrogens (tertiary/aromatic N) is 3. The van der Waals surface area contributed by atoms with E-state index in [0.29, 0.717) is 27.5 Å². The summed E-state index contributed by atoms with van der Waals surface area (Å²) in [6.45, 7) is 0. The van der Waals surface area contributed by atoms with Crippen molar-refractivity contribution < 1.29 is 17.8 Å². The van der Waals surface area contributed by atoms with E-state index in [2.05, 4.69) is 57.7 Å². The topological polar surface area (TPSA) is 14.8 Å². The van der Waals surface area contributed by atoms with Crippen molar-refractivity contribution in [3.05, 3.63) is 212 Å². The van der Waals surface area contributed by atoms with Gasteiger partial charge in [0.05, 0.1) is 56.6 Å². The summed E-state index contributed by atoms with van der Waals surface area (Å²) in [4.78, 5) is 0. The molecule has 0 bridgehead atoms. The molecule has 0 spiro atoms. The van der Waals surface area contributed by atoms with Gasteiger partial charge in [0.2, 0.25) is 0 Å². The van der Waals surface area contributed by atoms with Gasteiger partial charge in [0.1, 0.15) is 0 Å². The Morgan fingerprint density at radius 1 is 0.298 bits per heavy atom. The maximum atomic E-state index is 9.54. The van der Waals surface area contributed by atoms with Crippen LogP contribution >= 0.6 is 0 Å². The van der Waals surface area contributed by atoms with Crippen molar-refractivity contribution in [3.63, 3.8) is 0 Å². The molecule has 0 aliphatic rings. The Kier molecular flexibility index (Phi) is 4.69. The average Bonchev–Trinajstić information content (AvgIpc) is 4.02. The lowest BCUT2D eigenvalue weighted by atomic mass is 9.95. The molecule has 3 aromatic heterocycles. The number of benzene rings is 9. The van der Waals surface area contributed by atoms with Gasteiger partial charge in [-0.25, -0.2) is 0 Å². The molecule has 0 fully saturated rings. The van der Waals surface area contributed by atoms with Gasteiger partial charge in [-0.2, -0.15) is 0 Å². The number of para-hydroxylation sites is 5. The second-order valence-electron chi connectivity index (χ2n) is 14.0. The van der Waals surface area contributed by atoms with Crippen molar-refractivity contribution in [3.8, 4) is 39.3 Å². The van der Waals surface area contributed by atoms with Crippen LogP contribution in [-0.2, 0) is 0 Å². The smallest absolute Gasteiger partial charge is 0.0630 e. The molecule has 0 saturated heterocycles. The molecule has 0 aliphatic carbocycles. The van der Waals surface area contributed by atoms with E-state index in [1.54, 1.807) is 16.7 Å². The van der Waals surface area contributed by atoms with Gasteiger partial charge < -0.3 is 13.7 Å². The van der Waals surface area contributed by atoms with Crippen molar-refractivity contribution >= 4 is 65.4 Å². The zero-order valence-corrected chi connectivity index (χ0v) is 30.0. The summed E-state index contributed by atoms with van der Waals surface area (Å²) in [5, 5.41) is 5.61. The quantitative estimate of drug-likeness (QED) is 0.167. The SMILES string of the molecule is [2H]c1c([2H])c([2H])c(-c2c([2H])c([2H])c([2H])c(-c3c([2H])c([2H])c([2H])c([2H])c3[2H])c2-n2c3ccccc3c3ccc(-n4c5ccccc5c5cc(-n6c7ccccc7c7ccccc76)ccc54)cc32)c([2H])c1[2H]. The Bertz CT molecular complexity index is 4090. The number of aromatic nitrogens is 3. The minimum atomic E-state index is -0.737. The second-order valence-corrected chi connectivity index (χ2v) is 14.0. The highest BCUT2D eigenvalue weighted by Gasteiger charge is 2.22. The van der Waals surface area contributed by atoms with Gasteiger partial charge in [0, 0.05) is 54.8 Å². The third-order valence-electron chi connectivity index (χ3n) is 11.0. The van der Waals surface area contributed by atoms with Crippen LogP contribution in [-0.4, -0.2) is 13.7 Å². The van der Waals surface area contributed by atoms with Crippen LogP contribution in [0.1, 0.15) is 17.8 Å². The van der Waals surface area contributed by atoms with E-state index in [4.69, 9.17) is 8.22 Å². The fraction of sp³-hybridized carbons (Fsp3) is 0. The molecule has 0 aliphatic heterocycles. The molecule has 12 aromatic rings. The molecule has 0 unspecified atom stereocenters.